The van der Waals surface area contributed by atoms with Gasteiger partial charge in [-0.25, -0.2) is 0 Å². The van der Waals surface area contributed by atoms with Crippen molar-refractivity contribution in [2.24, 2.45) is 0 Å². The van der Waals surface area contributed by atoms with Crippen molar-refractivity contribution in [1.82, 2.24) is 9.80 Å². The lowest BCUT2D eigenvalue weighted by atomic mass is 10.1. The number of carbonyl (C=O) groups is 1. The van der Waals surface area contributed by atoms with E-state index in [1.54, 1.807) is 7.11 Å². The molecule has 1 amide bonds. The van der Waals surface area contributed by atoms with Crippen LogP contribution in [0, 0.1) is 0 Å². The molecule has 0 unspecified atom stereocenters. The average Bonchev–Trinajstić information content (AvgIpc) is 3.22. The Bertz CT molecular complexity index is 865. The van der Waals surface area contributed by atoms with Crippen LogP contribution in [0.1, 0.15) is 5.56 Å². The van der Waals surface area contributed by atoms with Crippen molar-refractivity contribution in [1.29, 1.82) is 0 Å². The third-order valence-electron chi connectivity index (χ3n) is 5.43. The van der Waals surface area contributed by atoms with Crippen LogP contribution in [-0.2, 0) is 11.3 Å². The van der Waals surface area contributed by atoms with Crippen LogP contribution in [0.3, 0.4) is 0 Å². The molecule has 1 saturated heterocycles. The van der Waals surface area contributed by atoms with E-state index < -0.39 is 0 Å². The molecule has 7 heteroatoms. The molecule has 2 aromatic carbocycles. The number of nitrogens with zero attached hydrogens (tertiary/aromatic N) is 3. The first-order chi connectivity index (χ1) is 14.1. The molecule has 0 aliphatic carbocycles. The number of hydrogen-bond acceptors (Lipinski definition) is 6. The quantitative estimate of drug-likeness (QED) is 0.745. The maximum absolute atomic E-state index is 12.7. The fourth-order valence-electron chi connectivity index (χ4n) is 3.69. The van der Waals surface area contributed by atoms with Gasteiger partial charge < -0.3 is 24.0 Å². The molecule has 29 heavy (non-hydrogen) atoms. The van der Waals surface area contributed by atoms with E-state index in [-0.39, 0.29) is 5.91 Å². The second-order valence-corrected chi connectivity index (χ2v) is 7.40. The molecule has 0 saturated carbocycles. The van der Waals surface area contributed by atoms with E-state index in [2.05, 4.69) is 11.0 Å². The van der Waals surface area contributed by atoms with Gasteiger partial charge in [-0.3, -0.25) is 9.69 Å². The smallest absolute Gasteiger partial charge is 0.242 e. The lowest BCUT2D eigenvalue weighted by Crippen LogP contribution is -2.50. The number of ether oxygens (including phenoxy) is 3. The summed E-state index contributed by atoms with van der Waals surface area (Å²) in [5, 5.41) is 0. The first-order valence-corrected chi connectivity index (χ1v) is 9.86. The SMILES string of the molecule is COc1cccc(N(C)CC(=O)N2CCN(Cc3ccc4c(c3)OCO4)CC2)c1. The Hall–Kier alpha value is -2.93. The number of methoxy groups -OCH3 is 1. The number of rotatable bonds is 6. The minimum absolute atomic E-state index is 0.151. The predicted molar refractivity (Wildman–Crippen MR) is 111 cm³/mol. The number of likely N-dealkylation sites (N-methyl/N-ethyl adjacent to an activating group) is 1. The first kappa shape index (κ1) is 19.4. The largest absolute Gasteiger partial charge is 0.497 e. The molecule has 0 aromatic heterocycles. The normalized spacial score (nSPS) is 16.0. The van der Waals surface area contributed by atoms with Crippen LogP contribution in [-0.4, -0.2) is 69.4 Å². The van der Waals surface area contributed by atoms with Gasteiger partial charge in [-0.2, -0.15) is 0 Å². The van der Waals surface area contributed by atoms with Crippen molar-refractivity contribution in [3.05, 3.63) is 48.0 Å². The van der Waals surface area contributed by atoms with E-state index in [4.69, 9.17) is 14.2 Å². The fourth-order valence-corrected chi connectivity index (χ4v) is 3.69. The summed E-state index contributed by atoms with van der Waals surface area (Å²) in [5.41, 5.74) is 2.17. The summed E-state index contributed by atoms with van der Waals surface area (Å²) in [6.45, 7) is 4.72. The topological polar surface area (TPSA) is 54.5 Å². The monoisotopic (exact) mass is 397 g/mol. The zero-order valence-corrected chi connectivity index (χ0v) is 17.0. The van der Waals surface area contributed by atoms with Crippen LogP contribution < -0.4 is 19.1 Å². The van der Waals surface area contributed by atoms with Crippen LogP contribution >= 0.6 is 0 Å². The highest BCUT2D eigenvalue weighted by Gasteiger charge is 2.23. The highest BCUT2D eigenvalue weighted by Crippen LogP contribution is 2.32. The molecule has 0 bridgehead atoms. The number of fused-ring (bicyclic) bond motifs is 1. The number of benzene rings is 2. The van der Waals surface area contributed by atoms with Gasteiger partial charge in [0, 0.05) is 51.5 Å². The zero-order valence-electron chi connectivity index (χ0n) is 17.0. The first-order valence-electron chi connectivity index (χ1n) is 9.86. The Morgan fingerprint density at radius 3 is 2.66 bits per heavy atom. The summed E-state index contributed by atoms with van der Waals surface area (Å²) in [6.07, 6.45) is 0. The highest BCUT2D eigenvalue weighted by atomic mass is 16.7. The summed E-state index contributed by atoms with van der Waals surface area (Å²) < 4.78 is 16.1. The van der Waals surface area contributed by atoms with Crippen LogP contribution in [0.2, 0.25) is 0 Å². The van der Waals surface area contributed by atoms with Gasteiger partial charge in [-0.05, 0) is 29.8 Å². The van der Waals surface area contributed by atoms with Gasteiger partial charge in [0.05, 0.1) is 13.7 Å². The van der Waals surface area contributed by atoms with Crippen molar-refractivity contribution < 1.29 is 19.0 Å². The molecule has 0 spiro atoms. The molecule has 2 aromatic rings. The van der Waals surface area contributed by atoms with E-state index in [0.717, 1.165) is 55.7 Å². The Kier molecular flexibility index (Phi) is 5.76. The third kappa shape index (κ3) is 4.56. The molecule has 0 radical (unpaired) electrons. The predicted octanol–water partition coefficient (Wildman–Crippen LogP) is 2.20. The summed E-state index contributed by atoms with van der Waals surface area (Å²) in [7, 11) is 3.58. The summed E-state index contributed by atoms with van der Waals surface area (Å²) in [4.78, 5) is 19.0. The summed E-state index contributed by atoms with van der Waals surface area (Å²) in [5.74, 6) is 2.57. The standard InChI is InChI=1S/C22H27N3O4/c1-23(18-4-3-5-19(13-18)27-2)15-22(26)25-10-8-24(9-11-25)14-17-6-7-20-21(12-17)29-16-28-20/h3-7,12-13H,8-11,14-16H2,1-2H3. The van der Waals surface area contributed by atoms with Gasteiger partial charge in [0.2, 0.25) is 12.7 Å². The Labute approximate surface area is 171 Å². The van der Waals surface area contributed by atoms with E-state index in [1.807, 2.05) is 53.2 Å². The van der Waals surface area contributed by atoms with E-state index >= 15 is 0 Å². The molecule has 2 aliphatic rings. The van der Waals surface area contributed by atoms with Gasteiger partial charge in [-0.15, -0.1) is 0 Å². The molecule has 7 nitrogen and oxygen atoms in total. The molecule has 0 N–H and O–H groups in total. The third-order valence-corrected chi connectivity index (χ3v) is 5.43. The van der Waals surface area contributed by atoms with Gasteiger partial charge in [0.1, 0.15) is 5.75 Å². The molecular weight excluding hydrogens is 370 g/mol. The second kappa shape index (κ2) is 8.61. The Balaban J connectivity index is 1.27. The van der Waals surface area contributed by atoms with Crippen LogP contribution in [0.5, 0.6) is 17.2 Å². The van der Waals surface area contributed by atoms with Crippen molar-refractivity contribution in [2.45, 2.75) is 6.54 Å². The van der Waals surface area contributed by atoms with Gasteiger partial charge in [-0.1, -0.05) is 12.1 Å². The van der Waals surface area contributed by atoms with Crippen molar-refractivity contribution >= 4 is 11.6 Å². The van der Waals surface area contributed by atoms with E-state index in [9.17, 15) is 4.79 Å². The lowest BCUT2D eigenvalue weighted by molar-refractivity contribution is -0.131. The van der Waals surface area contributed by atoms with Gasteiger partial charge in [0.15, 0.2) is 11.5 Å². The maximum Gasteiger partial charge on any atom is 0.242 e. The lowest BCUT2D eigenvalue weighted by Gasteiger charge is -2.35. The molecule has 0 atom stereocenters. The molecule has 154 valence electrons. The number of hydrogen-bond donors (Lipinski definition) is 0. The van der Waals surface area contributed by atoms with Crippen LogP contribution in [0.15, 0.2) is 42.5 Å². The van der Waals surface area contributed by atoms with Gasteiger partial charge >= 0.3 is 0 Å². The van der Waals surface area contributed by atoms with Crippen LogP contribution in [0.25, 0.3) is 0 Å². The van der Waals surface area contributed by atoms with Crippen LogP contribution in [0.4, 0.5) is 5.69 Å². The van der Waals surface area contributed by atoms with E-state index in [0.29, 0.717) is 13.3 Å². The van der Waals surface area contributed by atoms with Crippen molar-refractivity contribution in [3.8, 4) is 17.2 Å². The zero-order chi connectivity index (χ0) is 20.2. The molecule has 1 fully saturated rings. The average molecular weight is 397 g/mol. The number of amides is 1. The summed E-state index contributed by atoms with van der Waals surface area (Å²) in [6, 6.07) is 13.8. The van der Waals surface area contributed by atoms with E-state index in [1.165, 1.54) is 5.56 Å². The van der Waals surface area contributed by atoms with Gasteiger partial charge in [0.25, 0.3) is 0 Å². The minimum atomic E-state index is 0.151. The number of carbonyl (C=O) groups excluding carboxylic acids is 1. The molecular formula is C22H27N3O4. The fraction of sp³-hybridized carbons (Fsp3) is 0.409. The highest BCUT2D eigenvalue weighted by molar-refractivity contribution is 5.81. The number of piperazine rings is 1. The summed E-state index contributed by atoms with van der Waals surface area (Å²) >= 11 is 0. The molecule has 2 aliphatic heterocycles. The van der Waals surface area contributed by atoms with Crippen molar-refractivity contribution in [3.63, 3.8) is 0 Å². The maximum atomic E-state index is 12.7. The van der Waals surface area contributed by atoms with Crippen molar-refractivity contribution in [2.75, 3.05) is 58.6 Å². The second-order valence-electron chi connectivity index (χ2n) is 7.40. The minimum Gasteiger partial charge on any atom is -0.497 e. The molecule has 4 rings (SSSR count). The Morgan fingerprint density at radius 1 is 1.07 bits per heavy atom. The Morgan fingerprint density at radius 2 is 1.86 bits per heavy atom. The number of anilines is 1. The molecule has 2 heterocycles.